The fourth-order valence-corrected chi connectivity index (χ4v) is 4.42. The van der Waals surface area contributed by atoms with Gasteiger partial charge < -0.3 is 9.64 Å². The average Bonchev–Trinajstić information content (AvgIpc) is 3.05. The summed E-state index contributed by atoms with van der Waals surface area (Å²) in [5.41, 5.74) is -0.983. The second-order valence-electron chi connectivity index (χ2n) is 7.27. The maximum atomic E-state index is 14.9. The van der Waals surface area contributed by atoms with Crippen LogP contribution in [0.1, 0.15) is 25.7 Å². The summed E-state index contributed by atoms with van der Waals surface area (Å²) in [5.74, 6) is -2.06. The quantitative estimate of drug-likeness (QED) is 0.827. The van der Waals surface area contributed by atoms with Crippen LogP contribution in [0.3, 0.4) is 0 Å². The summed E-state index contributed by atoms with van der Waals surface area (Å²) in [4.78, 5) is 12.7. The number of nitrogens with zero attached hydrogens (tertiary/aromatic N) is 4. The zero-order chi connectivity index (χ0) is 16.6. The summed E-state index contributed by atoms with van der Waals surface area (Å²) < 4.78 is 35.2. The van der Waals surface area contributed by atoms with E-state index in [0.717, 1.165) is 26.1 Å². The lowest BCUT2D eigenvalue weighted by Gasteiger charge is -2.49. The fourth-order valence-electron chi connectivity index (χ4n) is 4.42. The molecule has 132 valence electrons. The van der Waals surface area contributed by atoms with E-state index in [1.54, 1.807) is 18.5 Å². The third-order valence-electron chi connectivity index (χ3n) is 5.89. The molecule has 5 nitrogen and oxygen atoms in total. The number of ether oxygens (including phenoxy) is 1. The Morgan fingerprint density at radius 2 is 1.79 bits per heavy atom. The molecule has 0 aliphatic carbocycles. The first-order valence-corrected chi connectivity index (χ1v) is 8.81. The van der Waals surface area contributed by atoms with Crippen LogP contribution in [-0.2, 0) is 4.74 Å². The van der Waals surface area contributed by atoms with E-state index < -0.39 is 11.3 Å². The lowest BCUT2D eigenvalue weighted by molar-refractivity contribution is -0.167. The van der Waals surface area contributed by atoms with Crippen LogP contribution < -0.4 is 4.90 Å². The van der Waals surface area contributed by atoms with Crippen molar-refractivity contribution in [3.8, 4) is 0 Å². The van der Waals surface area contributed by atoms with Gasteiger partial charge in [-0.1, -0.05) is 0 Å². The molecule has 0 saturated carbocycles. The number of alkyl halides is 2. The number of piperidine rings is 1. The molecule has 3 saturated heterocycles. The number of halogens is 2. The van der Waals surface area contributed by atoms with Crippen molar-refractivity contribution in [3.63, 3.8) is 0 Å². The van der Waals surface area contributed by atoms with Crippen LogP contribution in [0.4, 0.5) is 14.7 Å². The Kier molecular flexibility index (Phi) is 4.16. The van der Waals surface area contributed by atoms with E-state index in [1.165, 1.54) is 0 Å². The molecule has 3 aliphatic heterocycles. The third-order valence-corrected chi connectivity index (χ3v) is 5.89. The van der Waals surface area contributed by atoms with Crippen molar-refractivity contribution in [2.75, 3.05) is 44.3 Å². The van der Waals surface area contributed by atoms with Crippen LogP contribution in [0.2, 0.25) is 0 Å². The number of aromatic nitrogens is 2. The summed E-state index contributed by atoms with van der Waals surface area (Å²) in [6, 6.07) is 2.13. The predicted octanol–water partition coefficient (Wildman–Crippen LogP) is 2.19. The highest BCUT2D eigenvalue weighted by molar-refractivity contribution is 5.33. The highest BCUT2D eigenvalue weighted by atomic mass is 19.3. The highest BCUT2D eigenvalue weighted by Gasteiger charge is 2.60. The van der Waals surface area contributed by atoms with E-state index in [1.807, 2.05) is 4.90 Å². The molecule has 0 N–H and O–H groups in total. The molecule has 1 aromatic rings. The van der Waals surface area contributed by atoms with E-state index in [-0.39, 0.29) is 6.42 Å². The van der Waals surface area contributed by atoms with Crippen LogP contribution in [0.25, 0.3) is 0 Å². The molecule has 1 aromatic heterocycles. The Bertz CT molecular complexity index is 567. The highest BCUT2D eigenvalue weighted by Crippen LogP contribution is 2.50. The molecule has 1 spiro atoms. The van der Waals surface area contributed by atoms with Crippen molar-refractivity contribution in [2.45, 2.75) is 37.6 Å². The normalized spacial score (nSPS) is 31.7. The maximum absolute atomic E-state index is 14.9. The SMILES string of the molecule is FC1(F)CCN(C2CCOCC2)C[C@]12CCN(c1ncccn1)C2. The predicted molar refractivity (Wildman–Crippen MR) is 86.3 cm³/mol. The first-order valence-electron chi connectivity index (χ1n) is 8.81. The summed E-state index contributed by atoms with van der Waals surface area (Å²) in [6.07, 6.45) is 5.69. The van der Waals surface area contributed by atoms with Gasteiger partial charge in [0, 0.05) is 64.2 Å². The van der Waals surface area contributed by atoms with Gasteiger partial charge in [-0.05, 0) is 25.3 Å². The van der Waals surface area contributed by atoms with Crippen molar-refractivity contribution in [1.29, 1.82) is 0 Å². The van der Waals surface area contributed by atoms with E-state index >= 15 is 0 Å². The molecule has 0 bridgehead atoms. The summed E-state index contributed by atoms with van der Waals surface area (Å²) in [7, 11) is 0. The summed E-state index contributed by atoms with van der Waals surface area (Å²) in [5, 5.41) is 0. The topological polar surface area (TPSA) is 41.5 Å². The number of rotatable bonds is 2. The first-order chi connectivity index (χ1) is 11.6. The minimum atomic E-state index is -2.63. The smallest absolute Gasteiger partial charge is 0.257 e. The van der Waals surface area contributed by atoms with Crippen LogP contribution >= 0.6 is 0 Å². The van der Waals surface area contributed by atoms with E-state index in [9.17, 15) is 8.78 Å². The van der Waals surface area contributed by atoms with Crippen molar-refractivity contribution < 1.29 is 13.5 Å². The number of hydrogen-bond donors (Lipinski definition) is 0. The third kappa shape index (κ3) is 2.77. The monoisotopic (exact) mass is 338 g/mol. The molecule has 7 heteroatoms. The van der Waals surface area contributed by atoms with Gasteiger partial charge in [0.25, 0.3) is 5.92 Å². The second-order valence-corrected chi connectivity index (χ2v) is 7.27. The largest absolute Gasteiger partial charge is 0.381 e. The molecule has 0 amide bonds. The number of hydrogen-bond acceptors (Lipinski definition) is 5. The minimum absolute atomic E-state index is 0.0478. The molecular formula is C17H24F2N4O. The molecule has 0 unspecified atom stereocenters. The Morgan fingerprint density at radius 3 is 2.54 bits per heavy atom. The van der Waals surface area contributed by atoms with Gasteiger partial charge >= 0.3 is 0 Å². The van der Waals surface area contributed by atoms with Crippen molar-refractivity contribution in [2.24, 2.45) is 5.41 Å². The van der Waals surface area contributed by atoms with E-state index in [2.05, 4.69) is 14.9 Å². The molecule has 1 atom stereocenters. The lowest BCUT2D eigenvalue weighted by Crippen LogP contribution is -2.59. The molecular weight excluding hydrogens is 314 g/mol. The second kappa shape index (κ2) is 6.19. The van der Waals surface area contributed by atoms with Gasteiger partial charge in [-0.2, -0.15) is 0 Å². The number of likely N-dealkylation sites (tertiary alicyclic amines) is 1. The molecule has 4 heterocycles. The number of anilines is 1. The Balaban J connectivity index is 1.53. The molecule has 0 radical (unpaired) electrons. The van der Waals surface area contributed by atoms with Gasteiger partial charge in [0.2, 0.25) is 5.95 Å². The zero-order valence-electron chi connectivity index (χ0n) is 13.8. The van der Waals surface area contributed by atoms with Crippen molar-refractivity contribution >= 4 is 5.95 Å². The Morgan fingerprint density at radius 1 is 1.04 bits per heavy atom. The van der Waals surface area contributed by atoms with E-state index in [0.29, 0.717) is 44.6 Å². The van der Waals surface area contributed by atoms with Gasteiger partial charge in [0.15, 0.2) is 0 Å². The standard InChI is InChI=1S/C17H24F2N4O/c18-17(19)5-9-22(14-2-10-24-11-3-14)12-16(17)4-8-23(13-16)15-20-6-1-7-21-15/h1,6-7,14H,2-5,8-13H2/t16-/m0/s1. The van der Waals surface area contributed by atoms with Crippen molar-refractivity contribution in [3.05, 3.63) is 18.5 Å². The van der Waals surface area contributed by atoms with Gasteiger partial charge in [-0.25, -0.2) is 18.7 Å². The van der Waals surface area contributed by atoms with Crippen LogP contribution in [0.15, 0.2) is 18.5 Å². The van der Waals surface area contributed by atoms with Crippen LogP contribution in [-0.4, -0.2) is 66.2 Å². The van der Waals surface area contributed by atoms with Gasteiger partial charge in [0.1, 0.15) is 0 Å². The molecule has 4 rings (SSSR count). The maximum Gasteiger partial charge on any atom is 0.257 e. The van der Waals surface area contributed by atoms with Gasteiger partial charge in [-0.3, -0.25) is 4.90 Å². The van der Waals surface area contributed by atoms with Crippen LogP contribution in [0, 0.1) is 5.41 Å². The van der Waals surface area contributed by atoms with Gasteiger partial charge in [-0.15, -0.1) is 0 Å². The fraction of sp³-hybridized carbons (Fsp3) is 0.765. The van der Waals surface area contributed by atoms with E-state index in [4.69, 9.17) is 4.74 Å². The molecule has 0 aromatic carbocycles. The zero-order valence-corrected chi connectivity index (χ0v) is 13.8. The summed E-state index contributed by atoms with van der Waals surface area (Å²) in [6.45, 7) is 3.38. The average molecular weight is 338 g/mol. The summed E-state index contributed by atoms with van der Waals surface area (Å²) >= 11 is 0. The Hall–Kier alpha value is -1.34. The minimum Gasteiger partial charge on any atom is -0.381 e. The van der Waals surface area contributed by atoms with Crippen molar-refractivity contribution in [1.82, 2.24) is 14.9 Å². The first kappa shape index (κ1) is 16.1. The molecule has 3 aliphatic rings. The lowest BCUT2D eigenvalue weighted by atomic mass is 9.75. The molecule has 3 fully saturated rings. The Labute approximate surface area is 141 Å². The van der Waals surface area contributed by atoms with Crippen LogP contribution in [0.5, 0.6) is 0 Å². The van der Waals surface area contributed by atoms with Gasteiger partial charge in [0.05, 0.1) is 5.41 Å². The molecule has 24 heavy (non-hydrogen) atoms.